The zero-order chi connectivity index (χ0) is 15.8. The van der Waals surface area contributed by atoms with Crippen LogP contribution in [0.15, 0.2) is 30.3 Å². The first-order valence-corrected chi connectivity index (χ1v) is 7.63. The molecule has 0 fully saturated rings. The molecular formula is C14H18N2O4S. The van der Waals surface area contributed by atoms with Crippen molar-refractivity contribution in [3.05, 3.63) is 46.0 Å². The molecule has 21 heavy (non-hydrogen) atoms. The summed E-state index contributed by atoms with van der Waals surface area (Å²) in [5.41, 5.74) is 0.559. The Morgan fingerprint density at radius 2 is 2.29 bits per heavy atom. The Morgan fingerprint density at radius 3 is 2.86 bits per heavy atom. The number of carbonyl (C=O) groups excluding carboxylic acids is 1. The van der Waals surface area contributed by atoms with E-state index in [4.69, 9.17) is 5.11 Å². The van der Waals surface area contributed by atoms with Crippen molar-refractivity contribution in [2.75, 3.05) is 12.9 Å². The number of aliphatic hydroxyl groups excluding tert-OH is 1. The number of nitrogens with one attached hydrogen (secondary N) is 1. The fourth-order valence-electron chi connectivity index (χ4n) is 1.72. The summed E-state index contributed by atoms with van der Waals surface area (Å²) in [5, 5.41) is 22.5. The molecule has 1 amide bonds. The molecule has 0 radical (unpaired) electrons. The highest BCUT2D eigenvalue weighted by Gasteiger charge is 2.16. The average molecular weight is 310 g/mol. The second-order valence-corrected chi connectivity index (χ2v) is 5.52. The van der Waals surface area contributed by atoms with Crippen molar-refractivity contribution >= 4 is 29.4 Å². The lowest BCUT2D eigenvalue weighted by molar-refractivity contribution is -0.384. The SMILES string of the molecule is CSC(CO)C(C)NC(=O)/C=C/c1cccc([N+](=O)[O-])c1. The van der Waals surface area contributed by atoms with E-state index in [1.807, 2.05) is 13.2 Å². The number of nitro benzene ring substituents is 1. The van der Waals surface area contributed by atoms with Crippen molar-refractivity contribution in [3.8, 4) is 0 Å². The van der Waals surface area contributed by atoms with Crippen molar-refractivity contribution in [1.82, 2.24) is 5.32 Å². The number of nitro groups is 1. The molecule has 0 aromatic heterocycles. The quantitative estimate of drug-likeness (QED) is 0.455. The van der Waals surface area contributed by atoms with Gasteiger partial charge in [0.2, 0.25) is 5.91 Å². The molecule has 0 aliphatic heterocycles. The maximum Gasteiger partial charge on any atom is 0.270 e. The number of thioether (sulfide) groups is 1. The number of hydrogen-bond acceptors (Lipinski definition) is 5. The van der Waals surface area contributed by atoms with E-state index in [2.05, 4.69) is 5.32 Å². The Kier molecular flexibility index (Phi) is 6.90. The smallest absolute Gasteiger partial charge is 0.270 e. The van der Waals surface area contributed by atoms with E-state index in [9.17, 15) is 14.9 Å². The van der Waals surface area contributed by atoms with Gasteiger partial charge in [0.25, 0.3) is 5.69 Å². The number of rotatable bonds is 7. The Morgan fingerprint density at radius 1 is 1.57 bits per heavy atom. The van der Waals surface area contributed by atoms with Crippen LogP contribution in [-0.4, -0.2) is 40.1 Å². The van der Waals surface area contributed by atoms with Crippen LogP contribution in [0.5, 0.6) is 0 Å². The second kappa shape index (κ2) is 8.43. The van der Waals surface area contributed by atoms with Crippen molar-refractivity contribution in [3.63, 3.8) is 0 Å². The van der Waals surface area contributed by atoms with Crippen LogP contribution in [0.25, 0.3) is 6.08 Å². The number of nitrogens with zero attached hydrogens (tertiary/aromatic N) is 1. The van der Waals surface area contributed by atoms with Gasteiger partial charge in [-0.2, -0.15) is 11.8 Å². The van der Waals surface area contributed by atoms with Crippen molar-refractivity contribution in [1.29, 1.82) is 0 Å². The molecule has 0 spiro atoms. The number of non-ortho nitro benzene ring substituents is 1. The summed E-state index contributed by atoms with van der Waals surface area (Å²) in [6.45, 7) is 1.80. The molecule has 0 aliphatic rings. The lowest BCUT2D eigenvalue weighted by Crippen LogP contribution is -2.40. The monoisotopic (exact) mass is 310 g/mol. The molecule has 1 aromatic rings. The van der Waals surface area contributed by atoms with Gasteiger partial charge in [-0.1, -0.05) is 12.1 Å². The maximum atomic E-state index is 11.8. The van der Waals surface area contributed by atoms with Gasteiger partial charge in [0.15, 0.2) is 0 Å². The van der Waals surface area contributed by atoms with Gasteiger partial charge in [0, 0.05) is 29.5 Å². The van der Waals surface area contributed by atoms with Gasteiger partial charge in [-0.3, -0.25) is 14.9 Å². The highest BCUT2D eigenvalue weighted by Crippen LogP contribution is 2.14. The molecule has 2 atom stereocenters. The fourth-order valence-corrected chi connectivity index (χ4v) is 2.34. The number of aliphatic hydroxyl groups is 1. The summed E-state index contributed by atoms with van der Waals surface area (Å²) in [6, 6.07) is 5.86. The van der Waals surface area contributed by atoms with Gasteiger partial charge in [0.05, 0.1) is 11.5 Å². The Bertz CT molecular complexity index is 529. The Hall–Kier alpha value is -1.86. The van der Waals surface area contributed by atoms with Gasteiger partial charge >= 0.3 is 0 Å². The number of benzene rings is 1. The zero-order valence-electron chi connectivity index (χ0n) is 11.9. The van der Waals surface area contributed by atoms with Crippen LogP contribution in [0, 0.1) is 10.1 Å². The lowest BCUT2D eigenvalue weighted by Gasteiger charge is -2.20. The van der Waals surface area contributed by atoms with Crippen molar-refractivity contribution in [2.45, 2.75) is 18.2 Å². The summed E-state index contributed by atoms with van der Waals surface area (Å²) in [7, 11) is 0. The molecule has 2 unspecified atom stereocenters. The minimum Gasteiger partial charge on any atom is -0.395 e. The molecule has 6 nitrogen and oxygen atoms in total. The summed E-state index contributed by atoms with van der Waals surface area (Å²) in [6.07, 6.45) is 4.70. The predicted octanol–water partition coefficient (Wildman–Crippen LogP) is 1.84. The molecule has 114 valence electrons. The van der Waals surface area contributed by atoms with Gasteiger partial charge in [-0.05, 0) is 24.8 Å². The van der Waals surface area contributed by atoms with Gasteiger partial charge in [-0.15, -0.1) is 0 Å². The topological polar surface area (TPSA) is 92.5 Å². The standard InChI is InChI=1S/C14H18N2O4S/c1-10(13(9-17)21-2)15-14(18)7-6-11-4-3-5-12(8-11)16(19)20/h3-8,10,13,17H,9H2,1-2H3,(H,15,18)/b7-6+. The van der Waals surface area contributed by atoms with Crippen LogP contribution in [0.1, 0.15) is 12.5 Å². The van der Waals surface area contributed by atoms with E-state index >= 15 is 0 Å². The van der Waals surface area contributed by atoms with Crippen LogP contribution in [0.4, 0.5) is 5.69 Å². The molecule has 0 aliphatic carbocycles. The second-order valence-electron chi connectivity index (χ2n) is 4.44. The molecule has 2 N–H and O–H groups in total. The Labute approximate surface area is 127 Å². The number of hydrogen-bond donors (Lipinski definition) is 2. The van der Waals surface area contributed by atoms with Gasteiger partial charge in [-0.25, -0.2) is 0 Å². The third-order valence-electron chi connectivity index (χ3n) is 2.92. The van der Waals surface area contributed by atoms with E-state index in [1.54, 1.807) is 12.1 Å². The molecule has 0 saturated heterocycles. The molecule has 1 rings (SSSR count). The first kappa shape index (κ1) is 17.2. The Balaban J connectivity index is 2.66. The summed E-state index contributed by atoms with van der Waals surface area (Å²) < 4.78 is 0. The van der Waals surface area contributed by atoms with E-state index in [0.29, 0.717) is 5.56 Å². The zero-order valence-corrected chi connectivity index (χ0v) is 12.7. The van der Waals surface area contributed by atoms with E-state index in [0.717, 1.165) is 0 Å². The molecule has 7 heteroatoms. The molecule has 1 aromatic carbocycles. The summed E-state index contributed by atoms with van der Waals surface area (Å²) in [4.78, 5) is 21.9. The fraction of sp³-hybridized carbons (Fsp3) is 0.357. The lowest BCUT2D eigenvalue weighted by atomic mass is 10.2. The third kappa shape index (κ3) is 5.57. The molecule has 0 bridgehead atoms. The predicted molar refractivity (Wildman–Crippen MR) is 84.1 cm³/mol. The normalized spacial score (nSPS) is 13.9. The molecular weight excluding hydrogens is 292 g/mol. The minimum absolute atomic E-state index is 0.0167. The number of amides is 1. The van der Waals surface area contributed by atoms with Crippen molar-refractivity contribution in [2.24, 2.45) is 0 Å². The van der Waals surface area contributed by atoms with Crippen LogP contribution in [-0.2, 0) is 4.79 Å². The van der Waals surface area contributed by atoms with E-state index in [-0.39, 0.29) is 29.5 Å². The van der Waals surface area contributed by atoms with Crippen LogP contribution < -0.4 is 5.32 Å². The minimum atomic E-state index is -0.482. The van der Waals surface area contributed by atoms with Crippen LogP contribution >= 0.6 is 11.8 Å². The molecule has 0 heterocycles. The maximum absolute atomic E-state index is 11.8. The van der Waals surface area contributed by atoms with E-state index in [1.165, 1.54) is 36.0 Å². The van der Waals surface area contributed by atoms with E-state index < -0.39 is 4.92 Å². The number of carbonyl (C=O) groups is 1. The van der Waals surface area contributed by atoms with Crippen LogP contribution in [0.2, 0.25) is 0 Å². The van der Waals surface area contributed by atoms with Crippen molar-refractivity contribution < 1.29 is 14.8 Å². The first-order chi connectivity index (χ1) is 9.97. The summed E-state index contributed by atoms with van der Waals surface area (Å²) in [5.74, 6) is -0.304. The molecule has 0 saturated carbocycles. The first-order valence-electron chi connectivity index (χ1n) is 6.34. The highest BCUT2D eigenvalue weighted by molar-refractivity contribution is 7.99. The van der Waals surface area contributed by atoms with Crippen LogP contribution in [0.3, 0.4) is 0 Å². The van der Waals surface area contributed by atoms with Gasteiger partial charge in [0.1, 0.15) is 0 Å². The highest BCUT2D eigenvalue weighted by atomic mass is 32.2. The average Bonchev–Trinajstić information content (AvgIpc) is 2.46. The summed E-state index contributed by atoms with van der Waals surface area (Å²) >= 11 is 1.48. The largest absolute Gasteiger partial charge is 0.395 e. The van der Waals surface area contributed by atoms with Gasteiger partial charge < -0.3 is 10.4 Å². The third-order valence-corrected chi connectivity index (χ3v) is 4.08.